The summed E-state index contributed by atoms with van der Waals surface area (Å²) in [6.07, 6.45) is 2.88. The summed E-state index contributed by atoms with van der Waals surface area (Å²) in [5, 5.41) is 5.43. The molecule has 8 nitrogen and oxygen atoms in total. The smallest absolute Gasteiger partial charge is 0.236 e. The third-order valence-corrected chi connectivity index (χ3v) is 6.98. The van der Waals surface area contributed by atoms with Crippen molar-refractivity contribution >= 4 is 58.9 Å². The van der Waals surface area contributed by atoms with Crippen LogP contribution in [0.3, 0.4) is 0 Å². The van der Waals surface area contributed by atoms with E-state index >= 15 is 0 Å². The van der Waals surface area contributed by atoms with Crippen molar-refractivity contribution in [2.45, 2.75) is 17.7 Å². The van der Waals surface area contributed by atoms with Gasteiger partial charge in [-0.3, -0.25) is 14.7 Å². The Morgan fingerprint density at radius 2 is 2.00 bits per heavy atom. The lowest BCUT2D eigenvalue weighted by molar-refractivity contribution is -0.136. The summed E-state index contributed by atoms with van der Waals surface area (Å²) in [4.78, 5) is 28.0. The van der Waals surface area contributed by atoms with Crippen LogP contribution in [0.15, 0.2) is 20.9 Å². The number of aromatic nitrogens is 1. The molecule has 1 amide bonds. The lowest BCUT2D eigenvalue weighted by Gasteiger charge is -2.37. The number of hydrogen-bond acceptors (Lipinski definition) is 7. The van der Waals surface area contributed by atoms with Gasteiger partial charge in [-0.2, -0.15) is 0 Å². The van der Waals surface area contributed by atoms with Crippen molar-refractivity contribution in [3.05, 3.63) is 11.6 Å². The van der Waals surface area contributed by atoms with Crippen molar-refractivity contribution < 1.29 is 9.53 Å². The molecule has 0 atom stereocenters. The minimum atomic E-state index is 0. The Bertz CT molecular complexity index is 635. The minimum Gasteiger partial charge on any atom is -0.378 e. The molecule has 2 aliphatic heterocycles. The van der Waals surface area contributed by atoms with E-state index in [0.717, 1.165) is 74.8 Å². The second-order valence-corrected chi connectivity index (χ2v) is 9.23. The number of rotatable bonds is 8. The first-order valence-electron chi connectivity index (χ1n) is 10.4. The fraction of sp³-hybridized carbons (Fsp3) is 0.737. The van der Waals surface area contributed by atoms with E-state index in [1.54, 1.807) is 23.1 Å². The molecule has 0 aromatic carbocycles. The number of amides is 1. The molecule has 170 valence electrons. The molecule has 3 rings (SSSR count). The third-order valence-electron chi connectivity index (χ3n) is 4.93. The van der Waals surface area contributed by atoms with Crippen LogP contribution in [0.25, 0.3) is 0 Å². The van der Waals surface area contributed by atoms with Gasteiger partial charge in [0.05, 0.1) is 19.8 Å². The number of thioether (sulfide) groups is 1. The fourth-order valence-corrected chi connectivity index (χ4v) is 4.97. The Labute approximate surface area is 204 Å². The summed E-state index contributed by atoms with van der Waals surface area (Å²) >= 11 is 3.49. The van der Waals surface area contributed by atoms with Gasteiger partial charge in [0.15, 0.2) is 5.96 Å². The van der Waals surface area contributed by atoms with E-state index in [2.05, 4.69) is 27.0 Å². The molecule has 0 unspecified atom stereocenters. The number of hydrogen-bond donors (Lipinski definition) is 1. The standard InChI is InChI=1S/C19H32N6O2S2.HI/c1-2-20-18(21-4-3-14-28-19-22-5-15-29-19)25-8-6-23(7-9-25)16-17(26)24-10-12-27-13-11-24;/h5,15H,2-4,6-14,16H2,1H3,(H,20,21);1H. The van der Waals surface area contributed by atoms with Gasteiger partial charge in [-0.1, -0.05) is 11.8 Å². The summed E-state index contributed by atoms with van der Waals surface area (Å²) < 4.78 is 6.46. The molecule has 1 aromatic rings. The van der Waals surface area contributed by atoms with Gasteiger partial charge in [-0.15, -0.1) is 35.3 Å². The predicted molar refractivity (Wildman–Crippen MR) is 134 cm³/mol. The molecule has 0 spiro atoms. The number of guanidine groups is 1. The van der Waals surface area contributed by atoms with Gasteiger partial charge in [0.2, 0.25) is 5.91 Å². The number of aliphatic imine (C=N–C) groups is 1. The van der Waals surface area contributed by atoms with E-state index in [1.165, 1.54) is 0 Å². The van der Waals surface area contributed by atoms with Crippen LogP contribution in [0, 0.1) is 0 Å². The molecule has 2 saturated heterocycles. The Morgan fingerprint density at radius 3 is 2.67 bits per heavy atom. The maximum Gasteiger partial charge on any atom is 0.236 e. The maximum absolute atomic E-state index is 12.4. The zero-order valence-electron chi connectivity index (χ0n) is 17.6. The van der Waals surface area contributed by atoms with Crippen molar-refractivity contribution in [2.24, 2.45) is 4.99 Å². The quantitative estimate of drug-likeness (QED) is 0.168. The first-order valence-corrected chi connectivity index (χ1v) is 12.3. The topological polar surface area (TPSA) is 73.3 Å². The lowest BCUT2D eigenvalue weighted by Crippen LogP contribution is -2.54. The fourth-order valence-electron chi connectivity index (χ4n) is 3.34. The molecule has 0 saturated carbocycles. The largest absolute Gasteiger partial charge is 0.378 e. The van der Waals surface area contributed by atoms with Gasteiger partial charge < -0.3 is 19.9 Å². The summed E-state index contributed by atoms with van der Waals surface area (Å²) in [5.41, 5.74) is 0. The summed E-state index contributed by atoms with van der Waals surface area (Å²) in [6, 6.07) is 0. The average molecular weight is 569 g/mol. The minimum absolute atomic E-state index is 0. The zero-order valence-corrected chi connectivity index (χ0v) is 21.6. The molecule has 11 heteroatoms. The molecule has 0 radical (unpaired) electrons. The number of morpholine rings is 1. The van der Waals surface area contributed by atoms with Gasteiger partial charge in [0.1, 0.15) is 4.34 Å². The van der Waals surface area contributed by atoms with Gasteiger partial charge in [0, 0.05) is 69.7 Å². The van der Waals surface area contributed by atoms with E-state index in [4.69, 9.17) is 9.73 Å². The van der Waals surface area contributed by atoms with E-state index < -0.39 is 0 Å². The van der Waals surface area contributed by atoms with Gasteiger partial charge >= 0.3 is 0 Å². The normalized spacial score (nSPS) is 18.2. The number of thiazole rings is 1. The lowest BCUT2D eigenvalue weighted by atomic mass is 10.3. The number of carbonyl (C=O) groups is 1. The molecule has 1 aromatic heterocycles. The number of nitrogens with zero attached hydrogens (tertiary/aromatic N) is 5. The van der Waals surface area contributed by atoms with Crippen molar-refractivity contribution in [3.63, 3.8) is 0 Å². The SMILES string of the molecule is CCNC(=NCCCSc1nccs1)N1CCN(CC(=O)N2CCOCC2)CC1.I. The van der Waals surface area contributed by atoms with Crippen LogP contribution in [-0.4, -0.2) is 109 Å². The average Bonchev–Trinajstić information content (AvgIpc) is 3.27. The van der Waals surface area contributed by atoms with Crippen molar-refractivity contribution in [2.75, 3.05) is 77.9 Å². The van der Waals surface area contributed by atoms with Gasteiger partial charge in [-0.05, 0) is 13.3 Å². The monoisotopic (exact) mass is 568 g/mol. The van der Waals surface area contributed by atoms with Crippen molar-refractivity contribution in [1.82, 2.24) is 25.0 Å². The molecule has 2 aliphatic rings. The number of ether oxygens (including phenoxy) is 1. The van der Waals surface area contributed by atoms with Crippen molar-refractivity contribution in [1.29, 1.82) is 0 Å². The van der Waals surface area contributed by atoms with Crippen LogP contribution < -0.4 is 5.32 Å². The second kappa shape index (κ2) is 14.4. The highest BCUT2D eigenvalue weighted by Gasteiger charge is 2.24. The number of piperazine rings is 1. The van der Waals surface area contributed by atoms with Crippen LogP contribution in [0.1, 0.15) is 13.3 Å². The van der Waals surface area contributed by atoms with Gasteiger partial charge in [0.25, 0.3) is 0 Å². The number of halogens is 1. The van der Waals surface area contributed by atoms with Crippen LogP contribution >= 0.6 is 47.1 Å². The molecular formula is C19H33IN6O2S2. The Morgan fingerprint density at radius 1 is 1.23 bits per heavy atom. The van der Waals surface area contributed by atoms with E-state index in [0.29, 0.717) is 19.8 Å². The summed E-state index contributed by atoms with van der Waals surface area (Å²) in [7, 11) is 0. The molecule has 2 fully saturated rings. The first-order chi connectivity index (χ1) is 14.3. The Kier molecular flexibility index (Phi) is 12.3. The molecular weight excluding hydrogens is 535 g/mol. The molecule has 3 heterocycles. The summed E-state index contributed by atoms with van der Waals surface area (Å²) in [6.45, 7) is 10.6. The zero-order chi connectivity index (χ0) is 20.3. The third kappa shape index (κ3) is 8.48. The summed E-state index contributed by atoms with van der Waals surface area (Å²) in [5.74, 6) is 2.25. The van der Waals surface area contributed by atoms with Crippen LogP contribution in [0.4, 0.5) is 0 Å². The van der Waals surface area contributed by atoms with Crippen LogP contribution in [0.5, 0.6) is 0 Å². The molecule has 1 N–H and O–H groups in total. The number of carbonyl (C=O) groups excluding carboxylic acids is 1. The molecule has 0 bridgehead atoms. The van der Waals surface area contributed by atoms with E-state index in [1.807, 2.05) is 16.5 Å². The number of nitrogens with one attached hydrogen (secondary N) is 1. The van der Waals surface area contributed by atoms with Gasteiger partial charge in [-0.25, -0.2) is 4.98 Å². The maximum atomic E-state index is 12.4. The van der Waals surface area contributed by atoms with E-state index in [9.17, 15) is 4.79 Å². The highest BCUT2D eigenvalue weighted by molar-refractivity contribution is 14.0. The van der Waals surface area contributed by atoms with Crippen LogP contribution in [0.2, 0.25) is 0 Å². The highest BCUT2D eigenvalue weighted by Crippen LogP contribution is 2.20. The molecule has 30 heavy (non-hydrogen) atoms. The Hall–Kier alpha value is -0.630. The van der Waals surface area contributed by atoms with Crippen LogP contribution in [-0.2, 0) is 9.53 Å². The predicted octanol–water partition coefficient (Wildman–Crippen LogP) is 1.69. The second-order valence-electron chi connectivity index (χ2n) is 6.99. The first kappa shape index (κ1) is 25.6. The highest BCUT2D eigenvalue weighted by atomic mass is 127. The molecule has 0 aliphatic carbocycles. The van der Waals surface area contributed by atoms with E-state index in [-0.39, 0.29) is 29.9 Å². The van der Waals surface area contributed by atoms with Crippen molar-refractivity contribution in [3.8, 4) is 0 Å². The Balaban J connectivity index is 0.00000320.